The molecule has 0 aliphatic rings. The molecule has 0 atom stereocenters. The van der Waals surface area contributed by atoms with Gasteiger partial charge in [-0.3, -0.25) is 4.79 Å². The van der Waals surface area contributed by atoms with Crippen LogP contribution in [0, 0.1) is 5.82 Å². The fourth-order valence-electron chi connectivity index (χ4n) is 1.68. The SMILES string of the molecule is CC(C)OC(=O)CCNC(=O)NCCc1cccc(F)c1. The molecule has 2 amide bonds. The van der Waals surface area contributed by atoms with E-state index < -0.39 is 0 Å². The number of hydrogen-bond donors (Lipinski definition) is 2. The van der Waals surface area contributed by atoms with Crippen molar-refractivity contribution in [2.45, 2.75) is 32.8 Å². The molecule has 0 unspecified atom stereocenters. The maximum Gasteiger partial charge on any atom is 0.314 e. The average molecular weight is 296 g/mol. The molecule has 116 valence electrons. The van der Waals surface area contributed by atoms with Gasteiger partial charge in [0.1, 0.15) is 5.82 Å². The van der Waals surface area contributed by atoms with Crippen molar-refractivity contribution in [3.63, 3.8) is 0 Å². The van der Waals surface area contributed by atoms with Crippen LogP contribution < -0.4 is 10.6 Å². The summed E-state index contributed by atoms with van der Waals surface area (Å²) in [5, 5.41) is 5.20. The Labute approximate surface area is 123 Å². The maximum atomic E-state index is 12.9. The van der Waals surface area contributed by atoms with Gasteiger partial charge in [0.25, 0.3) is 0 Å². The Bertz CT molecular complexity index is 478. The molecule has 0 aliphatic heterocycles. The van der Waals surface area contributed by atoms with Gasteiger partial charge >= 0.3 is 12.0 Å². The van der Waals surface area contributed by atoms with Gasteiger partial charge in [-0.15, -0.1) is 0 Å². The van der Waals surface area contributed by atoms with E-state index in [1.165, 1.54) is 12.1 Å². The highest BCUT2D eigenvalue weighted by molar-refractivity contribution is 5.75. The van der Waals surface area contributed by atoms with Gasteiger partial charge in [0, 0.05) is 13.1 Å². The van der Waals surface area contributed by atoms with Gasteiger partial charge in [-0.1, -0.05) is 12.1 Å². The van der Waals surface area contributed by atoms with Crippen LogP contribution in [0.25, 0.3) is 0 Å². The van der Waals surface area contributed by atoms with Gasteiger partial charge in [0.15, 0.2) is 0 Å². The Kier molecular flexibility index (Phi) is 7.21. The van der Waals surface area contributed by atoms with Gasteiger partial charge in [0.2, 0.25) is 0 Å². The Balaban J connectivity index is 2.13. The zero-order valence-electron chi connectivity index (χ0n) is 12.3. The predicted molar refractivity (Wildman–Crippen MR) is 77.4 cm³/mol. The van der Waals surface area contributed by atoms with Crippen LogP contribution in [-0.4, -0.2) is 31.2 Å². The average Bonchev–Trinajstić information content (AvgIpc) is 2.37. The van der Waals surface area contributed by atoms with Crippen LogP contribution in [0.5, 0.6) is 0 Å². The molecule has 1 rings (SSSR count). The number of rotatable bonds is 7. The first-order chi connectivity index (χ1) is 9.97. The van der Waals surface area contributed by atoms with Crippen LogP contribution in [0.2, 0.25) is 0 Å². The molecule has 5 nitrogen and oxygen atoms in total. The first kappa shape index (κ1) is 16.9. The number of ether oxygens (including phenoxy) is 1. The van der Waals surface area contributed by atoms with E-state index in [1.54, 1.807) is 26.0 Å². The number of nitrogens with one attached hydrogen (secondary N) is 2. The molecule has 0 radical (unpaired) electrons. The van der Waals surface area contributed by atoms with E-state index in [-0.39, 0.29) is 36.9 Å². The van der Waals surface area contributed by atoms with E-state index >= 15 is 0 Å². The van der Waals surface area contributed by atoms with E-state index in [0.29, 0.717) is 13.0 Å². The number of halogens is 1. The number of urea groups is 1. The molecule has 2 N–H and O–H groups in total. The number of esters is 1. The lowest BCUT2D eigenvalue weighted by Gasteiger charge is -2.09. The molecule has 0 spiro atoms. The summed E-state index contributed by atoms with van der Waals surface area (Å²) in [7, 11) is 0. The van der Waals surface area contributed by atoms with Gasteiger partial charge in [-0.25, -0.2) is 9.18 Å². The number of benzene rings is 1. The summed E-state index contributed by atoms with van der Waals surface area (Å²) >= 11 is 0. The molecule has 21 heavy (non-hydrogen) atoms. The molecule has 0 fully saturated rings. The summed E-state index contributed by atoms with van der Waals surface area (Å²) in [5.41, 5.74) is 0.816. The zero-order chi connectivity index (χ0) is 15.7. The molecule has 0 saturated heterocycles. The maximum absolute atomic E-state index is 12.9. The predicted octanol–water partition coefficient (Wildman–Crippen LogP) is 2.01. The van der Waals surface area contributed by atoms with Crippen molar-refractivity contribution in [1.29, 1.82) is 0 Å². The van der Waals surface area contributed by atoms with Gasteiger partial charge in [-0.05, 0) is 38.0 Å². The lowest BCUT2D eigenvalue weighted by molar-refractivity contribution is -0.147. The lowest BCUT2D eigenvalue weighted by atomic mass is 10.1. The molecule has 0 aromatic heterocycles. The van der Waals surface area contributed by atoms with E-state index in [4.69, 9.17) is 4.74 Å². The molecule has 0 bridgehead atoms. The minimum absolute atomic E-state index is 0.134. The number of carbonyl (C=O) groups is 2. The van der Waals surface area contributed by atoms with Crippen molar-refractivity contribution in [3.05, 3.63) is 35.6 Å². The molecular formula is C15H21FN2O3. The second kappa shape index (κ2) is 8.94. The van der Waals surface area contributed by atoms with Crippen LogP contribution >= 0.6 is 0 Å². The van der Waals surface area contributed by atoms with Crippen molar-refractivity contribution in [2.75, 3.05) is 13.1 Å². The van der Waals surface area contributed by atoms with Crippen molar-refractivity contribution >= 4 is 12.0 Å². The molecule has 6 heteroatoms. The summed E-state index contributed by atoms with van der Waals surface area (Å²) in [6.07, 6.45) is 0.522. The van der Waals surface area contributed by atoms with Crippen LogP contribution in [-0.2, 0) is 16.0 Å². The van der Waals surface area contributed by atoms with Gasteiger partial charge in [-0.2, -0.15) is 0 Å². The van der Waals surface area contributed by atoms with Crippen molar-refractivity contribution < 1.29 is 18.7 Å². The highest BCUT2D eigenvalue weighted by Gasteiger charge is 2.06. The first-order valence-electron chi connectivity index (χ1n) is 6.93. The second-order valence-corrected chi connectivity index (χ2v) is 4.85. The first-order valence-corrected chi connectivity index (χ1v) is 6.93. The van der Waals surface area contributed by atoms with Gasteiger partial charge in [0.05, 0.1) is 12.5 Å². The van der Waals surface area contributed by atoms with Crippen LogP contribution in [0.3, 0.4) is 0 Å². The van der Waals surface area contributed by atoms with E-state index in [1.807, 2.05) is 0 Å². The smallest absolute Gasteiger partial charge is 0.314 e. The van der Waals surface area contributed by atoms with Crippen molar-refractivity contribution in [1.82, 2.24) is 10.6 Å². The Morgan fingerprint density at radius 3 is 2.62 bits per heavy atom. The quantitative estimate of drug-likeness (QED) is 0.756. The molecular weight excluding hydrogens is 275 g/mol. The third-order valence-corrected chi connectivity index (χ3v) is 2.57. The standard InChI is InChI=1S/C15H21FN2O3/c1-11(2)21-14(19)7-9-18-15(20)17-8-6-12-4-3-5-13(16)10-12/h3-5,10-11H,6-9H2,1-2H3,(H2,17,18,20). The highest BCUT2D eigenvalue weighted by Crippen LogP contribution is 2.03. The summed E-state index contributed by atoms with van der Waals surface area (Å²) in [6, 6.07) is 5.88. The minimum Gasteiger partial charge on any atom is -0.463 e. The molecule has 1 aromatic carbocycles. The number of amides is 2. The third-order valence-electron chi connectivity index (χ3n) is 2.57. The summed E-state index contributed by atoms with van der Waals surface area (Å²) < 4.78 is 17.9. The lowest BCUT2D eigenvalue weighted by Crippen LogP contribution is -2.37. The van der Waals surface area contributed by atoms with Gasteiger partial charge < -0.3 is 15.4 Å². The molecule has 1 aromatic rings. The van der Waals surface area contributed by atoms with E-state index in [9.17, 15) is 14.0 Å². The monoisotopic (exact) mass is 296 g/mol. The Morgan fingerprint density at radius 2 is 1.95 bits per heavy atom. The highest BCUT2D eigenvalue weighted by atomic mass is 19.1. The number of hydrogen-bond acceptors (Lipinski definition) is 3. The van der Waals surface area contributed by atoms with Crippen LogP contribution in [0.15, 0.2) is 24.3 Å². The second-order valence-electron chi connectivity index (χ2n) is 4.85. The topological polar surface area (TPSA) is 67.4 Å². The number of carbonyl (C=O) groups excluding carboxylic acids is 2. The fraction of sp³-hybridized carbons (Fsp3) is 0.467. The van der Waals surface area contributed by atoms with E-state index in [0.717, 1.165) is 5.56 Å². The van der Waals surface area contributed by atoms with Crippen LogP contribution in [0.4, 0.5) is 9.18 Å². The van der Waals surface area contributed by atoms with Crippen molar-refractivity contribution in [2.24, 2.45) is 0 Å². The third kappa shape index (κ3) is 7.91. The Morgan fingerprint density at radius 1 is 1.24 bits per heavy atom. The molecule has 0 aliphatic carbocycles. The Hall–Kier alpha value is -2.11. The molecule has 0 saturated carbocycles. The minimum atomic E-state index is -0.358. The zero-order valence-corrected chi connectivity index (χ0v) is 12.3. The normalized spacial score (nSPS) is 10.3. The van der Waals surface area contributed by atoms with Crippen LogP contribution in [0.1, 0.15) is 25.8 Å². The largest absolute Gasteiger partial charge is 0.463 e. The van der Waals surface area contributed by atoms with E-state index in [2.05, 4.69) is 10.6 Å². The molecule has 0 heterocycles. The summed E-state index contributed by atoms with van der Waals surface area (Å²) in [4.78, 5) is 22.7. The van der Waals surface area contributed by atoms with Crippen molar-refractivity contribution in [3.8, 4) is 0 Å². The summed E-state index contributed by atoms with van der Waals surface area (Å²) in [6.45, 7) is 4.15. The summed E-state index contributed by atoms with van der Waals surface area (Å²) in [5.74, 6) is -0.634. The fourth-order valence-corrected chi connectivity index (χ4v) is 1.68.